The highest BCUT2D eigenvalue weighted by molar-refractivity contribution is 7.91. The van der Waals surface area contributed by atoms with E-state index in [9.17, 15) is 17.6 Å². The van der Waals surface area contributed by atoms with Gasteiger partial charge in [-0.05, 0) is 61.2 Å². The van der Waals surface area contributed by atoms with Crippen molar-refractivity contribution in [3.63, 3.8) is 0 Å². The smallest absolute Gasteiger partial charge is 0.266 e. The standard InChI is InChI=1S/C26H24ClF2NO5S/c27-17-5-3-16(4-6-17)14-26-10-12-34-21(9-13-36(32,33)22-2-1-11-30-25(22)31)18(26)15-35-24-20(29)8-7-19(28)23(24)26/h1-8,11,18,21H,9-10,12-15H2,(H,30,31)/t18-,21-,26-/m0/s1. The van der Waals surface area contributed by atoms with E-state index in [-0.39, 0.29) is 41.6 Å². The Labute approximate surface area is 212 Å². The second-order valence-corrected chi connectivity index (χ2v) is 11.8. The highest BCUT2D eigenvalue weighted by atomic mass is 35.5. The molecular weight excluding hydrogens is 512 g/mol. The van der Waals surface area contributed by atoms with Gasteiger partial charge in [0, 0.05) is 34.7 Å². The van der Waals surface area contributed by atoms with Gasteiger partial charge in [-0.2, -0.15) is 0 Å². The zero-order chi connectivity index (χ0) is 25.5. The number of aromatic amines is 1. The number of nitrogens with one attached hydrogen (secondary N) is 1. The highest BCUT2D eigenvalue weighted by Crippen LogP contribution is 2.52. The Morgan fingerprint density at radius 3 is 2.58 bits per heavy atom. The third-order valence-electron chi connectivity index (χ3n) is 7.22. The van der Waals surface area contributed by atoms with Gasteiger partial charge in [-0.3, -0.25) is 4.79 Å². The van der Waals surface area contributed by atoms with Crippen molar-refractivity contribution in [2.45, 2.75) is 35.7 Å². The van der Waals surface area contributed by atoms with Crippen LogP contribution in [0.1, 0.15) is 24.0 Å². The second-order valence-electron chi connectivity index (χ2n) is 9.24. The van der Waals surface area contributed by atoms with Crippen molar-refractivity contribution in [2.24, 2.45) is 5.92 Å². The van der Waals surface area contributed by atoms with Crippen LogP contribution in [0.5, 0.6) is 5.75 Å². The van der Waals surface area contributed by atoms with Crippen LogP contribution in [-0.2, 0) is 26.4 Å². The molecule has 2 aliphatic rings. The molecule has 190 valence electrons. The summed E-state index contributed by atoms with van der Waals surface area (Å²) >= 11 is 6.06. The molecule has 1 fully saturated rings. The Morgan fingerprint density at radius 1 is 1.08 bits per heavy atom. The first-order valence-corrected chi connectivity index (χ1v) is 13.6. The van der Waals surface area contributed by atoms with Crippen LogP contribution in [-0.4, -0.2) is 38.5 Å². The maximum Gasteiger partial charge on any atom is 0.266 e. The summed E-state index contributed by atoms with van der Waals surface area (Å²) in [6, 6.07) is 12.0. The lowest BCUT2D eigenvalue weighted by Crippen LogP contribution is -2.55. The summed E-state index contributed by atoms with van der Waals surface area (Å²) in [6.45, 7) is 0.272. The molecule has 0 spiro atoms. The van der Waals surface area contributed by atoms with E-state index in [0.717, 1.165) is 17.7 Å². The second kappa shape index (κ2) is 9.61. The number of pyridine rings is 1. The lowest BCUT2D eigenvalue weighted by molar-refractivity contribution is -0.0963. The van der Waals surface area contributed by atoms with Gasteiger partial charge in [-0.15, -0.1) is 0 Å². The van der Waals surface area contributed by atoms with Crippen molar-refractivity contribution in [2.75, 3.05) is 19.0 Å². The minimum absolute atomic E-state index is 0.0393. The maximum atomic E-state index is 15.4. The fraction of sp³-hybridized carbons (Fsp3) is 0.346. The Hall–Kier alpha value is -2.75. The number of fused-ring (bicyclic) bond motifs is 3. The van der Waals surface area contributed by atoms with E-state index in [0.29, 0.717) is 17.9 Å². The van der Waals surface area contributed by atoms with Gasteiger partial charge < -0.3 is 14.5 Å². The summed E-state index contributed by atoms with van der Waals surface area (Å²) in [7, 11) is -3.90. The predicted octanol–water partition coefficient (Wildman–Crippen LogP) is 4.45. The monoisotopic (exact) mass is 535 g/mol. The van der Waals surface area contributed by atoms with Crippen molar-refractivity contribution in [1.29, 1.82) is 0 Å². The highest BCUT2D eigenvalue weighted by Gasteiger charge is 2.53. The van der Waals surface area contributed by atoms with Crippen molar-refractivity contribution in [3.8, 4) is 5.75 Å². The van der Waals surface area contributed by atoms with E-state index in [4.69, 9.17) is 21.1 Å². The van der Waals surface area contributed by atoms with Crippen LogP contribution in [0.4, 0.5) is 8.78 Å². The number of aromatic nitrogens is 1. The molecule has 0 unspecified atom stereocenters. The van der Waals surface area contributed by atoms with Gasteiger partial charge >= 0.3 is 0 Å². The molecule has 2 aromatic carbocycles. The summed E-state index contributed by atoms with van der Waals surface area (Å²) in [6.07, 6.45) is 1.59. The molecular formula is C26H24ClF2NO5S. The lowest BCUT2D eigenvalue weighted by Gasteiger charge is -2.51. The van der Waals surface area contributed by atoms with Gasteiger partial charge in [0.05, 0.1) is 18.5 Å². The molecule has 3 atom stereocenters. The van der Waals surface area contributed by atoms with Gasteiger partial charge in [0.15, 0.2) is 21.4 Å². The fourth-order valence-corrected chi connectivity index (χ4v) is 7.05. The number of sulfone groups is 1. The zero-order valence-corrected chi connectivity index (χ0v) is 20.7. The Balaban J connectivity index is 1.52. The number of H-pyrrole nitrogens is 1. The first-order valence-electron chi connectivity index (χ1n) is 11.6. The number of benzene rings is 2. The summed E-state index contributed by atoms with van der Waals surface area (Å²) in [5.41, 5.74) is -0.536. The average molecular weight is 536 g/mol. The largest absolute Gasteiger partial charge is 0.490 e. The first kappa shape index (κ1) is 24.9. The van der Waals surface area contributed by atoms with Crippen molar-refractivity contribution in [1.82, 2.24) is 4.98 Å². The molecule has 6 nitrogen and oxygen atoms in total. The Morgan fingerprint density at radius 2 is 1.83 bits per heavy atom. The van der Waals surface area contributed by atoms with Gasteiger partial charge in [-0.25, -0.2) is 17.2 Å². The van der Waals surface area contributed by atoms with Crippen LogP contribution in [0.25, 0.3) is 0 Å². The van der Waals surface area contributed by atoms with Crippen LogP contribution in [0, 0.1) is 17.6 Å². The number of hydrogen-bond acceptors (Lipinski definition) is 5. The van der Waals surface area contributed by atoms with Crippen LogP contribution in [0.15, 0.2) is 64.4 Å². The minimum Gasteiger partial charge on any atom is -0.490 e. The van der Waals surface area contributed by atoms with Crippen molar-refractivity contribution in [3.05, 3.63) is 92.9 Å². The first-order chi connectivity index (χ1) is 17.2. The van der Waals surface area contributed by atoms with E-state index in [1.165, 1.54) is 18.3 Å². The molecule has 3 heterocycles. The number of ether oxygens (including phenoxy) is 2. The quantitative estimate of drug-likeness (QED) is 0.504. The molecule has 1 N–H and O–H groups in total. The van der Waals surface area contributed by atoms with E-state index >= 15 is 4.39 Å². The van der Waals surface area contributed by atoms with Gasteiger partial charge in [0.2, 0.25) is 0 Å². The zero-order valence-electron chi connectivity index (χ0n) is 19.2. The lowest BCUT2D eigenvalue weighted by atomic mass is 9.60. The topological polar surface area (TPSA) is 85.5 Å². The molecule has 0 aliphatic carbocycles. The van der Waals surface area contributed by atoms with Crippen molar-refractivity contribution < 1.29 is 26.7 Å². The van der Waals surface area contributed by atoms with Gasteiger partial charge in [0.25, 0.3) is 5.56 Å². The molecule has 2 aliphatic heterocycles. The van der Waals surface area contributed by atoms with Crippen LogP contribution >= 0.6 is 11.6 Å². The molecule has 36 heavy (non-hydrogen) atoms. The molecule has 0 saturated carbocycles. The van der Waals surface area contributed by atoms with Gasteiger partial charge in [0.1, 0.15) is 10.7 Å². The van der Waals surface area contributed by atoms with Crippen molar-refractivity contribution >= 4 is 21.4 Å². The molecule has 10 heteroatoms. The summed E-state index contributed by atoms with van der Waals surface area (Å²) < 4.78 is 67.7. The molecule has 0 bridgehead atoms. The Bertz CT molecular complexity index is 1440. The maximum absolute atomic E-state index is 15.4. The molecule has 0 amide bonds. The number of halogens is 3. The fourth-order valence-electron chi connectivity index (χ4n) is 5.53. The third kappa shape index (κ3) is 4.44. The number of hydrogen-bond donors (Lipinski definition) is 1. The number of rotatable bonds is 6. The summed E-state index contributed by atoms with van der Waals surface area (Å²) in [4.78, 5) is 14.1. The van der Waals surface area contributed by atoms with E-state index in [1.54, 1.807) is 12.1 Å². The molecule has 5 rings (SSSR count). The average Bonchev–Trinajstić information content (AvgIpc) is 2.86. The normalized spacial score (nSPS) is 23.4. The molecule has 3 aromatic rings. The van der Waals surface area contributed by atoms with Gasteiger partial charge in [-0.1, -0.05) is 23.7 Å². The van der Waals surface area contributed by atoms with E-state index in [2.05, 4.69) is 4.98 Å². The summed E-state index contributed by atoms with van der Waals surface area (Å²) in [5.74, 6) is -2.11. The minimum atomic E-state index is -3.90. The predicted molar refractivity (Wildman–Crippen MR) is 130 cm³/mol. The van der Waals surface area contributed by atoms with Crippen LogP contribution in [0.3, 0.4) is 0 Å². The van der Waals surface area contributed by atoms with Crippen LogP contribution in [0.2, 0.25) is 5.02 Å². The van der Waals surface area contributed by atoms with E-state index in [1.807, 2.05) is 12.1 Å². The third-order valence-corrected chi connectivity index (χ3v) is 9.24. The molecule has 0 radical (unpaired) electrons. The SMILES string of the molecule is O=c1[nH]cccc1S(=O)(=O)CC[C@@H]1OCC[C@@]2(Cc3ccc(Cl)cc3)c3c(F)ccc(F)c3OC[C@@H]12. The van der Waals surface area contributed by atoms with Crippen LogP contribution < -0.4 is 10.3 Å². The van der Waals surface area contributed by atoms with E-state index < -0.39 is 44.5 Å². The Kier molecular flexibility index (Phi) is 6.65. The molecule has 1 aromatic heterocycles. The summed E-state index contributed by atoms with van der Waals surface area (Å²) in [5, 5.41) is 0.559. The molecule has 1 saturated heterocycles.